The molecule has 0 atom stereocenters. The summed E-state index contributed by atoms with van der Waals surface area (Å²) in [4.78, 5) is 6.12. The van der Waals surface area contributed by atoms with Crippen molar-refractivity contribution in [2.75, 3.05) is 18.7 Å². The molecule has 0 fully saturated rings. The lowest BCUT2D eigenvalue weighted by molar-refractivity contribution is 0.415. The summed E-state index contributed by atoms with van der Waals surface area (Å²) in [6.07, 6.45) is 1.19. The fraction of sp³-hybridized carbons (Fsp3) is 0.167. The molecule has 0 bridgehead atoms. The van der Waals surface area contributed by atoms with Crippen molar-refractivity contribution in [2.24, 2.45) is 0 Å². The number of pyridine rings is 1. The topological polar surface area (TPSA) is 68.3 Å². The van der Waals surface area contributed by atoms with Gasteiger partial charge >= 0.3 is 0 Å². The molecule has 3 aromatic rings. The van der Waals surface area contributed by atoms with Crippen LogP contribution in [0.5, 0.6) is 5.75 Å². The summed E-state index contributed by atoms with van der Waals surface area (Å²) in [6.45, 7) is 0.664. The standard InChI is InChI=1S/C18H18N2O3S2/c1-23-17-10-9-16(13-5-7-15(8-6-13)25(2,21)22)20-18(17)19-12-14-4-3-11-24-14/h3-11H,12H2,1-2H3,(H,19,20). The maximum absolute atomic E-state index is 11.6. The molecule has 7 heteroatoms. The lowest BCUT2D eigenvalue weighted by Gasteiger charge is -2.11. The van der Waals surface area contributed by atoms with E-state index in [1.807, 2.05) is 23.6 Å². The van der Waals surface area contributed by atoms with Gasteiger partial charge in [0.1, 0.15) is 0 Å². The van der Waals surface area contributed by atoms with Gasteiger partial charge in [-0.1, -0.05) is 18.2 Å². The molecule has 5 nitrogen and oxygen atoms in total. The first-order chi connectivity index (χ1) is 12.0. The van der Waals surface area contributed by atoms with Gasteiger partial charge in [-0.3, -0.25) is 0 Å². The van der Waals surface area contributed by atoms with E-state index in [4.69, 9.17) is 4.74 Å². The quantitative estimate of drug-likeness (QED) is 0.710. The second kappa shape index (κ2) is 7.25. The highest BCUT2D eigenvalue weighted by atomic mass is 32.2. The third-order valence-electron chi connectivity index (χ3n) is 3.67. The van der Waals surface area contributed by atoms with Crippen molar-refractivity contribution in [2.45, 2.75) is 11.4 Å². The van der Waals surface area contributed by atoms with Gasteiger partial charge in [0.2, 0.25) is 0 Å². The minimum absolute atomic E-state index is 0.292. The molecule has 0 unspecified atom stereocenters. The smallest absolute Gasteiger partial charge is 0.175 e. The molecule has 25 heavy (non-hydrogen) atoms. The molecule has 1 aromatic carbocycles. The second-order valence-electron chi connectivity index (χ2n) is 5.48. The number of hydrogen-bond acceptors (Lipinski definition) is 6. The zero-order chi connectivity index (χ0) is 17.9. The monoisotopic (exact) mass is 374 g/mol. The van der Waals surface area contributed by atoms with Crippen molar-refractivity contribution in [3.63, 3.8) is 0 Å². The number of anilines is 1. The Labute approximate surface area is 151 Å². The summed E-state index contributed by atoms with van der Waals surface area (Å²) in [7, 11) is -1.60. The van der Waals surface area contributed by atoms with Crippen molar-refractivity contribution in [3.8, 4) is 17.0 Å². The maximum Gasteiger partial charge on any atom is 0.175 e. The van der Waals surface area contributed by atoms with Crippen LogP contribution in [0.2, 0.25) is 0 Å². The van der Waals surface area contributed by atoms with E-state index in [0.717, 1.165) is 11.3 Å². The van der Waals surface area contributed by atoms with E-state index in [2.05, 4.69) is 16.4 Å². The van der Waals surface area contributed by atoms with Crippen LogP contribution in [0.25, 0.3) is 11.3 Å². The Hall–Kier alpha value is -2.38. The number of sulfone groups is 1. The SMILES string of the molecule is COc1ccc(-c2ccc(S(C)(=O)=O)cc2)nc1NCc1cccs1. The van der Waals surface area contributed by atoms with Crippen molar-refractivity contribution in [1.82, 2.24) is 4.98 Å². The fourth-order valence-electron chi connectivity index (χ4n) is 2.36. The maximum atomic E-state index is 11.6. The Morgan fingerprint density at radius 1 is 1.12 bits per heavy atom. The van der Waals surface area contributed by atoms with Crippen LogP contribution in [-0.2, 0) is 16.4 Å². The van der Waals surface area contributed by atoms with Crippen molar-refractivity contribution in [3.05, 3.63) is 58.8 Å². The summed E-state index contributed by atoms with van der Waals surface area (Å²) in [5, 5.41) is 5.32. The number of methoxy groups -OCH3 is 1. The number of benzene rings is 1. The third kappa shape index (κ3) is 4.18. The van der Waals surface area contributed by atoms with Crippen LogP contribution in [-0.4, -0.2) is 26.8 Å². The molecule has 1 N–H and O–H groups in total. The molecule has 3 rings (SSSR count). The Morgan fingerprint density at radius 2 is 1.88 bits per heavy atom. The van der Waals surface area contributed by atoms with Gasteiger partial charge in [0.05, 0.1) is 24.2 Å². The lowest BCUT2D eigenvalue weighted by atomic mass is 10.1. The number of hydrogen-bond donors (Lipinski definition) is 1. The molecular formula is C18H18N2O3S2. The van der Waals surface area contributed by atoms with Crippen molar-refractivity contribution in [1.29, 1.82) is 0 Å². The predicted molar refractivity (Wildman–Crippen MR) is 101 cm³/mol. The van der Waals surface area contributed by atoms with E-state index in [0.29, 0.717) is 23.0 Å². The summed E-state index contributed by atoms with van der Waals surface area (Å²) < 4.78 is 28.5. The molecule has 130 valence electrons. The molecular weight excluding hydrogens is 356 g/mol. The van der Waals surface area contributed by atoms with Crippen LogP contribution in [0.1, 0.15) is 4.88 Å². The average Bonchev–Trinajstić information content (AvgIpc) is 3.12. The highest BCUT2D eigenvalue weighted by Crippen LogP contribution is 2.28. The first-order valence-corrected chi connectivity index (χ1v) is 10.4. The summed E-state index contributed by atoms with van der Waals surface area (Å²) >= 11 is 1.67. The zero-order valence-corrected chi connectivity index (χ0v) is 15.5. The van der Waals surface area contributed by atoms with E-state index in [-0.39, 0.29) is 0 Å². The lowest BCUT2D eigenvalue weighted by Crippen LogP contribution is -2.03. The highest BCUT2D eigenvalue weighted by molar-refractivity contribution is 7.90. The summed E-state index contributed by atoms with van der Waals surface area (Å²) in [5.74, 6) is 1.31. The normalized spacial score (nSPS) is 11.3. The predicted octanol–water partition coefficient (Wildman–Crippen LogP) is 3.83. The Bertz CT molecular complexity index is 950. The minimum atomic E-state index is -3.21. The first kappa shape index (κ1) is 17.4. The van der Waals surface area contributed by atoms with Gasteiger partial charge in [-0.25, -0.2) is 13.4 Å². The number of ether oxygens (including phenoxy) is 1. The number of aromatic nitrogens is 1. The molecule has 0 saturated carbocycles. The number of nitrogens with one attached hydrogen (secondary N) is 1. The van der Waals surface area contributed by atoms with Gasteiger partial charge in [-0.05, 0) is 35.7 Å². The summed E-state index contributed by atoms with van der Waals surface area (Å²) in [6, 6.07) is 14.5. The van der Waals surface area contributed by atoms with E-state index in [1.165, 1.54) is 11.1 Å². The first-order valence-electron chi connectivity index (χ1n) is 7.59. The van der Waals surface area contributed by atoms with Gasteiger partial charge in [-0.2, -0.15) is 0 Å². The van der Waals surface area contributed by atoms with E-state index in [9.17, 15) is 8.42 Å². The molecule has 2 heterocycles. The number of nitrogens with zero attached hydrogens (tertiary/aromatic N) is 1. The molecule has 0 spiro atoms. The van der Waals surface area contributed by atoms with Crippen LogP contribution in [0, 0.1) is 0 Å². The van der Waals surface area contributed by atoms with Crippen molar-refractivity contribution >= 4 is 27.0 Å². The third-order valence-corrected chi connectivity index (χ3v) is 5.67. The Balaban J connectivity index is 1.88. The van der Waals surface area contributed by atoms with Gasteiger partial charge in [0, 0.05) is 16.7 Å². The number of thiophene rings is 1. The van der Waals surface area contributed by atoms with E-state index >= 15 is 0 Å². The fourth-order valence-corrected chi connectivity index (χ4v) is 3.63. The Morgan fingerprint density at radius 3 is 2.48 bits per heavy atom. The van der Waals surface area contributed by atoms with E-state index < -0.39 is 9.84 Å². The van der Waals surface area contributed by atoms with Crippen LogP contribution < -0.4 is 10.1 Å². The number of rotatable bonds is 6. The second-order valence-corrected chi connectivity index (χ2v) is 8.52. The van der Waals surface area contributed by atoms with Crippen LogP contribution in [0.15, 0.2) is 58.8 Å². The van der Waals surface area contributed by atoms with Gasteiger partial charge in [-0.15, -0.1) is 11.3 Å². The largest absolute Gasteiger partial charge is 0.493 e. The van der Waals surface area contributed by atoms with Crippen LogP contribution in [0.3, 0.4) is 0 Å². The van der Waals surface area contributed by atoms with Crippen LogP contribution >= 0.6 is 11.3 Å². The van der Waals surface area contributed by atoms with Crippen molar-refractivity contribution < 1.29 is 13.2 Å². The highest BCUT2D eigenvalue weighted by Gasteiger charge is 2.10. The molecule has 0 aliphatic heterocycles. The summed E-state index contributed by atoms with van der Waals surface area (Å²) in [5.41, 5.74) is 1.59. The Kier molecular flexibility index (Phi) is 5.06. The molecule has 2 aromatic heterocycles. The van der Waals surface area contributed by atoms with Gasteiger partial charge < -0.3 is 10.1 Å². The van der Waals surface area contributed by atoms with E-state index in [1.54, 1.807) is 42.7 Å². The zero-order valence-electron chi connectivity index (χ0n) is 13.9. The van der Waals surface area contributed by atoms with Crippen LogP contribution in [0.4, 0.5) is 5.82 Å². The van der Waals surface area contributed by atoms with Gasteiger partial charge in [0.25, 0.3) is 0 Å². The average molecular weight is 374 g/mol. The molecule has 0 aliphatic carbocycles. The van der Waals surface area contributed by atoms with Gasteiger partial charge in [0.15, 0.2) is 21.4 Å². The molecule has 0 radical (unpaired) electrons. The molecule has 0 amide bonds. The minimum Gasteiger partial charge on any atom is -0.493 e. The molecule has 0 saturated heterocycles. The molecule has 0 aliphatic rings.